The van der Waals surface area contributed by atoms with Gasteiger partial charge in [0.05, 0.1) is 0 Å². The topological polar surface area (TPSA) is 36.9 Å². The third-order valence-electron chi connectivity index (χ3n) is 7.26. The third kappa shape index (κ3) is 6.50. The van der Waals surface area contributed by atoms with Gasteiger partial charge >= 0.3 is 0 Å². The predicted molar refractivity (Wildman–Crippen MR) is 167 cm³/mol. The molecule has 4 heteroatoms. The molecule has 1 aliphatic heterocycles. The van der Waals surface area contributed by atoms with Crippen molar-refractivity contribution >= 4 is 6.08 Å². The first kappa shape index (κ1) is 27.2. The lowest BCUT2D eigenvalue weighted by Crippen LogP contribution is -2.11. The first-order valence-corrected chi connectivity index (χ1v) is 14.3. The van der Waals surface area contributed by atoms with Crippen LogP contribution in [0.2, 0.25) is 0 Å². The third-order valence-corrected chi connectivity index (χ3v) is 7.26. The largest absolute Gasteiger partial charge is 0.485 e. The Morgan fingerprint density at radius 2 is 1.10 bits per heavy atom. The quantitative estimate of drug-likeness (QED) is 0.172. The van der Waals surface area contributed by atoms with E-state index < -0.39 is 0 Å². The highest BCUT2D eigenvalue weighted by Gasteiger charge is 2.24. The van der Waals surface area contributed by atoms with Gasteiger partial charge in [0.15, 0.2) is 11.5 Å². The van der Waals surface area contributed by atoms with Gasteiger partial charge in [-0.3, -0.25) is 0 Å². The monoisotopic (exact) mass is 554 g/mol. The van der Waals surface area contributed by atoms with Gasteiger partial charge in [-0.05, 0) is 65.9 Å². The normalized spacial score (nSPS) is 13.6. The fourth-order valence-electron chi connectivity index (χ4n) is 5.11. The second kappa shape index (κ2) is 12.7. The zero-order chi connectivity index (χ0) is 28.7. The molecule has 0 radical (unpaired) electrons. The van der Waals surface area contributed by atoms with Gasteiger partial charge in [0, 0.05) is 11.1 Å². The van der Waals surface area contributed by atoms with Gasteiger partial charge in [0.2, 0.25) is 5.75 Å². The molecule has 1 aliphatic rings. The van der Waals surface area contributed by atoms with Gasteiger partial charge in [-0.25, -0.2) is 0 Å². The molecule has 0 spiro atoms. The van der Waals surface area contributed by atoms with Gasteiger partial charge in [0.25, 0.3) is 0 Å². The Kier molecular flexibility index (Phi) is 8.23. The summed E-state index contributed by atoms with van der Waals surface area (Å²) in [6.07, 6.45) is 3.93. The van der Waals surface area contributed by atoms with E-state index in [4.69, 9.17) is 18.9 Å². The number of ether oxygens (including phenoxy) is 4. The molecule has 4 nitrogen and oxygen atoms in total. The number of benzene rings is 5. The minimum atomic E-state index is -0.306. The van der Waals surface area contributed by atoms with Crippen molar-refractivity contribution in [2.24, 2.45) is 0 Å². The first-order valence-electron chi connectivity index (χ1n) is 14.3. The minimum Gasteiger partial charge on any atom is -0.485 e. The Hall–Kier alpha value is -4.96. The SMILES string of the molecule is Cc1cc(C)c2c(c1)OC(c1cc(OCc3ccccc3)c(OCc3ccccc3)c(OCc3ccccc3)c1)C=C2. The Bertz CT molecular complexity index is 1600. The summed E-state index contributed by atoms with van der Waals surface area (Å²) in [5.41, 5.74) is 7.60. The summed E-state index contributed by atoms with van der Waals surface area (Å²) >= 11 is 0. The maximum atomic E-state index is 6.55. The lowest BCUT2D eigenvalue weighted by atomic mass is 9.99. The zero-order valence-corrected chi connectivity index (χ0v) is 24.0. The van der Waals surface area contributed by atoms with Crippen LogP contribution >= 0.6 is 0 Å². The van der Waals surface area contributed by atoms with E-state index in [1.54, 1.807) is 0 Å². The van der Waals surface area contributed by atoms with Crippen molar-refractivity contribution in [1.82, 2.24) is 0 Å². The lowest BCUT2D eigenvalue weighted by Gasteiger charge is -2.25. The van der Waals surface area contributed by atoms with Crippen LogP contribution in [0.3, 0.4) is 0 Å². The Morgan fingerprint density at radius 3 is 1.62 bits per heavy atom. The van der Waals surface area contributed by atoms with Crippen molar-refractivity contribution in [2.75, 3.05) is 0 Å². The van der Waals surface area contributed by atoms with E-state index in [1.807, 2.05) is 78.9 Å². The van der Waals surface area contributed by atoms with Gasteiger partial charge in [-0.1, -0.05) is 103 Å². The fourth-order valence-corrected chi connectivity index (χ4v) is 5.11. The molecule has 1 unspecified atom stereocenters. The van der Waals surface area contributed by atoms with Crippen molar-refractivity contribution in [3.05, 3.63) is 160 Å². The molecule has 0 amide bonds. The Labute approximate surface area is 247 Å². The molecule has 5 aromatic carbocycles. The summed E-state index contributed by atoms with van der Waals surface area (Å²) in [6.45, 7) is 5.38. The molecule has 0 saturated heterocycles. The second-order valence-corrected chi connectivity index (χ2v) is 10.6. The molecule has 0 fully saturated rings. The molecular weight excluding hydrogens is 520 g/mol. The Balaban J connectivity index is 1.38. The van der Waals surface area contributed by atoms with E-state index >= 15 is 0 Å². The predicted octanol–water partition coefficient (Wildman–Crippen LogP) is 9.19. The van der Waals surface area contributed by atoms with Crippen LogP contribution in [0.1, 0.15) is 45.0 Å². The second-order valence-electron chi connectivity index (χ2n) is 10.6. The van der Waals surface area contributed by atoms with Crippen molar-refractivity contribution in [3.8, 4) is 23.0 Å². The molecule has 0 bridgehead atoms. The van der Waals surface area contributed by atoms with Crippen LogP contribution in [0.25, 0.3) is 6.08 Å². The molecule has 210 valence electrons. The van der Waals surface area contributed by atoms with E-state index in [0.29, 0.717) is 37.1 Å². The van der Waals surface area contributed by atoms with Crippen LogP contribution in [0, 0.1) is 13.8 Å². The maximum absolute atomic E-state index is 6.55. The van der Waals surface area contributed by atoms with Crippen LogP contribution in [-0.4, -0.2) is 0 Å². The average molecular weight is 555 g/mol. The summed E-state index contributed by atoms with van der Waals surface area (Å²) in [7, 11) is 0. The molecule has 0 aliphatic carbocycles. The molecule has 1 heterocycles. The van der Waals surface area contributed by atoms with Gasteiger partial charge in [-0.15, -0.1) is 0 Å². The summed E-state index contributed by atoms with van der Waals surface area (Å²) < 4.78 is 25.9. The van der Waals surface area contributed by atoms with E-state index in [-0.39, 0.29) is 6.10 Å². The fraction of sp³-hybridized carbons (Fsp3) is 0.158. The number of fused-ring (bicyclic) bond motifs is 1. The summed E-state index contributed by atoms with van der Waals surface area (Å²) in [5, 5.41) is 0. The van der Waals surface area contributed by atoms with Gasteiger partial charge < -0.3 is 18.9 Å². The van der Waals surface area contributed by atoms with Crippen molar-refractivity contribution < 1.29 is 18.9 Å². The molecule has 6 rings (SSSR count). The standard InChI is InChI=1S/C38H34O4/c1-27-20-28(2)33-18-19-34(42-35(33)21-27)32-22-36(39-24-29-12-6-3-7-13-29)38(41-26-31-16-10-5-11-17-31)37(23-32)40-25-30-14-8-4-9-15-30/h3-23,34H,24-26H2,1-2H3. The van der Waals surface area contributed by atoms with Crippen LogP contribution in [0.4, 0.5) is 0 Å². The van der Waals surface area contributed by atoms with Crippen LogP contribution in [0.5, 0.6) is 23.0 Å². The van der Waals surface area contributed by atoms with Crippen molar-refractivity contribution in [2.45, 2.75) is 39.8 Å². The number of hydrogen-bond donors (Lipinski definition) is 0. The smallest absolute Gasteiger partial charge is 0.203 e. The minimum absolute atomic E-state index is 0.306. The molecule has 0 aromatic heterocycles. The highest BCUT2D eigenvalue weighted by atomic mass is 16.5. The van der Waals surface area contributed by atoms with Crippen LogP contribution in [0.15, 0.2) is 121 Å². The van der Waals surface area contributed by atoms with E-state index in [1.165, 1.54) is 11.1 Å². The number of aryl methyl sites for hydroxylation is 2. The van der Waals surface area contributed by atoms with E-state index in [9.17, 15) is 0 Å². The van der Waals surface area contributed by atoms with Crippen molar-refractivity contribution in [3.63, 3.8) is 0 Å². The molecule has 42 heavy (non-hydrogen) atoms. The highest BCUT2D eigenvalue weighted by molar-refractivity contribution is 5.65. The van der Waals surface area contributed by atoms with E-state index in [0.717, 1.165) is 33.6 Å². The number of rotatable bonds is 10. The molecule has 5 aromatic rings. The van der Waals surface area contributed by atoms with E-state index in [2.05, 4.69) is 62.4 Å². The summed E-state index contributed by atoms with van der Waals surface area (Å²) in [4.78, 5) is 0. The summed E-state index contributed by atoms with van der Waals surface area (Å²) in [5.74, 6) is 2.67. The van der Waals surface area contributed by atoms with Gasteiger partial charge in [-0.2, -0.15) is 0 Å². The maximum Gasteiger partial charge on any atom is 0.203 e. The molecule has 1 atom stereocenters. The summed E-state index contributed by atoms with van der Waals surface area (Å²) in [6, 6.07) is 38.7. The average Bonchev–Trinajstić information content (AvgIpc) is 3.03. The zero-order valence-electron chi connectivity index (χ0n) is 24.0. The highest BCUT2D eigenvalue weighted by Crippen LogP contribution is 2.44. The first-order chi connectivity index (χ1) is 20.6. The Morgan fingerprint density at radius 1 is 0.595 bits per heavy atom. The molecule has 0 N–H and O–H groups in total. The van der Waals surface area contributed by atoms with Crippen molar-refractivity contribution in [1.29, 1.82) is 0 Å². The molecule has 0 saturated carbocycles. The number of hydrogen-bond acceptors (Lipinski definition) is 4. The van der Waals surface area contributed by atoms with Crippen LogP contribution < -0.4 is 18.9 Å². The van der Waals surface area contributed by atoms with Gasteiger partial charge in [0.1, 0.15) is 31.7 Å². The lowest BCUT2D eigenvalue weighted by molar-refractivity contribution is 0.223. The molecular formula is C38H34O4. The van der Waals surface area contributed by atoms with Crippen LogP contribution in [-0.2, 0) is 19.8 Å².